The molecule has 15 aromatic carbocycles. The molecule has 0 spiro atoms. The summed E-state index contributed by atoms with van der Waals surface area (Å²) < 4.78 is 9.29. The van der Waals surface area contributed by atoms with E-state index in [2.05, 4.69) is 389 Å². The molecule has 0 atom stereocenters. The van der Waals surface area contributed by atoms with Crippen LogP contribution in [0.3, 0.4) is 0 Å². The molecular formula is C96H62N8. The standard InChI is InChI=1S/C50H32N4.C46H30N4/c1-3-13-33(14-4-1)37-27-28-40(39-18-8-7-17-38(37)39)49-41-19-9-11-21-44(41)51-50(52-49)34-23-25-36(26-24-34)54-46-22-12-10-20-42(46)48-43-31-32-53(35-15-5-2-6-16-35)45(43)29-30-47(48)54;1-3-13-31(14-4-1)35-17-7-8-18-36(35)45-37-19-9-11-21-40(37)47-46(48-45)32-23-25-34(26-24-32)50-42-22-12-10-20-38(42)44-39-29-30-49(33-15-5-2-6-16-33)41(39)27-28-43(44)50/h1-32H;1-30H. The third-order valence-electron chi connectivity index (χ3n) is 20.6. The normalized spacial score (nSPS) is 11.7. The minimum atomic E-state index is 0.706. The lowest BCUT2D eigenvalue weighted by molar-refractivity contribution is 1.13. The van der Waals surface area contributed by atoms with Crippen molar-refractivity contribution in [1.29, 1.82) is 0 Å². The van der Waals surface area contributed by atoms with E-state index in [1.54, 1.807) is 0 Å². The van der Waals surface area contributed by atoms with Gasteiger partial charge in [0, 0.05) is 100 Å². The molecule has 21 rings (SSSR count). The average molecular weight is 1330 g/mol. The molecule has 0 saturated heterocycles. The number of nitrogens with zero attached hydrogens (tertiary/aromatic N) is 8. The first-order valence-corrected chi connectivity index (χ1v) is 35.3. The lowest BCUT2D eigenvalue weighted by Crippen LogP contribution is -1.98. The van der Waals surface area contributed by atoms with E-state index in [0.717, 1.165) is 89.3 Å². The first-order valence-electron chi connectivity index (χ1n) is 35.3. The van der Waals surface area contributed by atoms with Crippen LogP contribution in [-0.2, 0) is 0 Å². The summed E-state index contributed by atoms with van der Waals surface area (Å²) in [4.78, 5) is 20.8. The lowest BCUT2D eigenvalue weighted by Gasteiger charge is -2.14. The second kappa shape index (κ2) is 25.0. The SMILES string of the molecule is c1ccc(-c2ccc(-c3nc(-c4ccc(-n5c6ccccc6c6c7ccn(-c8ccccc8)c7ccc65)cc4)nc4ccccc34)c3ccccc23)cc1.c1ccc(-c2ccccc2-c2nc(-c3ccc(-n4c5ccccc5c5c6ccn(-c7ccccc7)c6ccc54)cc3)nc3ccccc23)cc1. The Bertz CT molecular complexity index is 6870. The van der Waals surface area contributed by atoms with Gasteiger partial charge in [-0.2, -0.15) is 0 Å². The Hall–Kier alpha value is -14.1. The van der Waals surface area contributed by atoms with E-state index in [9.17, 15) is 0 Å². The smallest absolute Gasteiger partial charge is 0.160 e. The highest BCUT2D eigenvalue weighted by molar-refractivity contribution is 6.23. The van der Waals surface area contributed by atoms with Gasteiger partial charge in [-0.1, -0.05) is 231 Å². The maximum Gasteiger partial charge on any atom is 0.160 e. The predicted molar refractivity (Wildman–Crippen MR) is 432 cm³/mol. The molecule has 0 unspecified atom stereocenters. The van der Waals surface area contributed by atoms with Crippen molar-refractivity contribution < 1.29 is 0 Å². The minimum Gasteiger partial charge on any atom is -0.317 e. The highest BCUT2D eigenvalue weighted by Crippen LogP contribution is 2.44. The van der Waals surface area contributed by atoms with Crippen LogP contribution in [0.15, 0.2) is 376 Å². The minimum absolute atomic E-state index is 0.706. The molecule has 0 aliphatic heterocycles. The highest BCUT2D eigenvalue weighted by atomic mass is 15.0. The van der Waals surface area contributed by atoms with Crippen LogP contribution in [0.5, 0.6) is 0 Å². The molecule has 0 bridgehead atoms. The van der Waals surface area contributed by atoms with Crippen LogP contribution in [-0.4, -0.2) is 38.2 Å². The first kappa shape index (κ1) is 59.9. The largest absolute Gasteiger partial charge is 0.317 e. The van der Waals surface area contributed by atoms with Crippen molar-refractivity contribution in [2.75, 3.05) is 0 Å². The second-order valence-corrected chi connectivity index (χ2v) is 26.4. The molecule has 486 valence electrons. The van der Waals surface area contributed by atoms with Gasteiger partial charge in [-0.25, -0.2) is 19.9 Å². The second-order valence-electron chi connectivity index (χ2n) is 26.4. The lowest BCUT2D eigenvalue weighted by atomic mass is 9.93. The van der Waals surface area contributed by atoms with Crippen molar-refractivity contribution in [2.45, 2.75) is 0 Å². The van der Waals surface area contributed by atoms with Crippen molar-refractivity contribution in [2.24, 2.45) is 0 Å². The summed E-state index contributed by atoms with van der Waals surface area (Å²) in [7, 11) is 0. The fourth-order valence-electron chi connectivity index (χ4n) is 15.8. The predicted octanol–water partition coefficient (Wildman–Crippen LogP) is 24.5. The van der Waals surface area contributed by atoms with Gasteiger partial charge in [0.25, 0.3) is 0 Å². The van der Waals surface area contributed by atoms with Gasteiger partial charge in [0.1, 0.15) is 0 Å². The van der Waals surface area contributed by atoms with Crippen molar-refractivity contribution in [3.8, 4) is 90.3 Å². The van der Waals surface area contributed by atoms with E-state index < -0.39 is 0 Å². The molecular weight excluding hydrogens is 1270 g/mol. The van der Waals surface area contributed by atoms with Crippen LogP contribution < -0.4 is 0 Å². The highest BCUT2D eigenvalue weighted by Gasteiger charge is 2.22. The Morgan fingerprint density at radius 3 is 1.01 bits per heavy atom. The molecule has 0 aliphatic carbocycles. The molecule has 6 aromatic heterocycles. The molecule has 0 radical (unpaired) electrons. The van der Waals surface area contributed by atoms with E-state index in [1.807, 2.05) is 6.07 Å². The number of benzene rings is 15. The molecule has 21 aromatic rings. The average Bonchev–Trinajstić information content (AvgIpc) is 1.57. The summed E-state index contributed by atoms with van der Waals surface area (Å²) in [6.45, 7) is 0. The summed E-state index contributed by atoms with van der Waals surface area (Å²) in [5, 5.41) is 11.9. The maximum absolute atomic E-state index is 5.33. The molecule has 0 amide bonds. The summed E-state index contributed by atoms with van der Waals surface area (Å²) >= 11 is 0. The van der Waals surface area contributed by atoms with E-state index in [4.69, 9.17) is 19.9 Å². The van der Waals surface area contributed by atoms with Crippen LogP contribution in [0.25, 0.3) is 188 Å². The van der Waals surface area contributed by atoms with Gasteiger partial charge in [-0.15, -0.1) is 0 Å². The third-order valence-corrected chi connectivity index (χ3v) is 20.6. The number of rotatable bonds is 10. The van der Waals surface area contributed by atoms with Gasteiger partial charge < -0.3 is 18.3 Å². The summed E-state index contributed by atoms with van der Waals surface area (Å²) in [6, 6.07) is 129. The number of aromatic nitrogens is 8. The van der Waals surface area contributed by atoms with Crippen LogP contribution in [0.4, 0.5) is 0 Å². The summed E-state index contributed by atoms with van der Waals surface area (Å²) in [5.41, 5.74) is 24.2. The van der Waals surface area contributed by atoms with Crippen LogP contribution >= 0.6 is 0 Å². The Morgan fingerprint density at radius 1 is 0.183 bits per heavy atom. The maximum atomic E-state index is 5.33. The van der Waals surface area contributed by atoms with Gasteiger partial charge in [-0.05, 0) is 166 Å². The zero-order chi connectivity index (χ0) is 68.6. The van der Waals surface area contributed by atoms with Gasteiger partial charge in [0.15, 0.2) is 11.6 Å². The topological polar surface area (TPSA) is 71.3 Å². The van der Waals surface area contributed by atoms with Crippen molar-refractivity contribution in [3.05, 3.63) is 376 Å². The number of hydrogen-bond donors (Lipinski definition) is 0. The van der Waals surface area contributed by atoms with Gasteiger partial charge >= 0.3 is 0 Å². The zero-order valence-electron chi connectivity index (χ0n) is 56.4. The molecule has 0 saturated carbocycles. The Kier molecular flexibility index (Phi) is 14.4. The van der Waals surface area contributed by atoms with Crippen LogP contribution in [0, 0.1) is 0 Å². The van der Waals surface area contributed by atoms with Gasteiger partial charge in [-0.3, -0.25) is 0 Å². The van der Waals surface area contributed by atoms with Crippen molar-refractivity contribution >= 4 is 98.0 Å². The molecule has 0 fully saturated rings. The Morgan fingerprint density at radius 2 is 0.529 bits per heavy atom. The summed E-state index contributed by atoms with van der Waals surface area (Å²) in [5.74, 6) is 1.41. The van der Waals surface area contributed by atoms with Gasteiger partial charge in [0.05, 0.1) is 55.5 Å². The Balaban J connectivity index is 0.000000139. The number of hydrogen-bond acceptors (Lipinski definition) is 4. The first-order chi connectivity index (χ1) is 51.6. The molecule has 6 heterocycles. The number of fused-ring (bicyclic) bond motifs is 13. The van der Waals surface area contributed by atoms with E-state index in [-0.39, 0.29) is 0 Å². The fraction of sp³-hybridized carbons (Fsp3) is 0. The van der Waals surface area contributed by atoms with E-state index in [0.29, 0.717) is 11.6 Å². The summed E-state index contributed by atoms with van der Waals surface area (Å²) in [6.07, 6.45) is 4.36. The van der Waals surface area contributed by atoms with Crippen LogP contribution in [0.2, 0.25) is 0 Å². The van der Waals surface area contributed by atoms with E-state index in [1.165, 1.54) is 87.3 Å². The van der Waals surface area contributed by atoms with Crippen molar-refractivity contribution in [3.63, 3.8) is 0 Å². The fourth-order valence-corrected chi connectivity index (χ4v) is 15.8. The zero-order valence-corrected chi connectivity index (χ0v) is 56.4. The number of para-hydroxylation sites is 6. The molecule has 0 aliphatic rings. The van der Waals surface area contributed by atoms with Crippen LogP contribution in [0.1, 0.15) is 0 Å². The molecule has 0 N–H and O–H groups in total. The molecule has 8 heteroatoms. The molecule has 8 nitrogen and oxygen atoms in total. The van der Waals surface area contributed by atoms with Gasteiger partial charge in [0.2, 0.25) is 0 Å². The third kappa shape index (κ3) is 10.1. The van der Waals surface area contributed by atoms with Crippen molar-refractivity contribution in [1.82, 2.24) is 38.2 Å². The quantitative estimate of drug-likeness (QED) is 0.137. The monoisotopic (exact) mass is 1330 g/mol. The van der Waals surface area contributed by atoms with E-state index >= 15 is 0 Å². The Labute approximate surface area is 599 Å². The molecule has 104 heavy (non-hydrogen) atoms.